The molecule has 1 aliphatic rings. The first-order valence-electron chi connectivity index (χ1n) is 8.39. The van der Waals surface area contributed by atoms with Crippen LogP contribution in [0.3, 0.4) is 0 Å². The highest BCUT2D eigenvalue weighted by Crippen LogP contribution is 2.31. The molecule has 0 fully saturated rings. The molecule has 148 valence electrons. The fourth-order valence-electron chi connectivity index (χ4n) is 2.76. The maximum atomic E-state index is 12.8. The molecule has 1 aliphatic heterocycles. The van der Waals surface area contributed by atoms with Crippen molar-refractivity contribution in [3.8, 4) is 0 Å². The third-order valence-corrected chi connectivity index (χ3v) is 6.96. The molecule has 9 nitrogen and oxygen atoms in total. The molecule has 0 saturated heterocycles. The quantitative estimate of drug-likeness (QED) is 0.546. The highest BCUT2D eigenvalue weighted by atomic mass is 32.2. The molecule has 3 aromatic rings. The van der Waals surface area contributed by atoms with Crippen molar-refractivity contribution in [2.45, 2.75) is 11.4 Å². The van der Waals surface area contributed by atoms with E-state index in [1.807, 2.05) is 0 Å². The van der Waals surface area contributed by atoms with E-state index in [1.165, 1.54) is 18.3 Å². The predicted octanol–water partition coefficient (Wildman–Crippen LogP) is 2.71. The molecular formula is C18H15N5O4S2. The standard InChI is InChI=1S/C18H15N5O4S2/c19-11-5-1-2-6-12(11)21-17(24)14-9-20-16(28-14)10-23-18(25)22-13-7-3-4-8-15(13)29(23,26)27/h1-9H,10,19H2,(H,21,24)(H,22,25). The summed E-state index contributed by atoms with van der Waals surface area (Å²) >= 11 is 0.994. The van der Waals surface area contributed by atoms with Crippen LogP contribution in [0.1, 0.15) is 14.7 Å². The number of anilines is 3. The molecule has 0 spiro atoms. The Kier molecular flexibility index (Phi) is 4.68. The number of carbonyl (C=O) groups is 2. The van der Waals surface area contributed by atoms with Gasteiger partial charge in [-0.25, -0.2) is 22.5 Å². The lowest BCUT2D eigenvalue weighted by atomic mass is 10.2. The second-order valence-electron chi connectivity index (χ2n) is 6.10. The fourth-order valence-corrected chi connectivity index (χ4v) is 5.09. The maximum absolute atomic E-state index is 12.8. The van der Waals surface area contributed by atoms with Gasteiger partial charge in [-0.15, -0.1) is 11.3 Å². The van der Waals surface area contributed by atoms with Crippen LogP contribution in [0.5, 0.6) is 0 Å². The number of urea groups is 1. The molecule has 0 radical (unpaired) electrons. The topological polar surface area (TPSA) is 134 Å². The lowest BCUT2D eigenvalue weighted by Crippen LogP contribution is -2.43. The molecule has 0 saturated carbocycles. The zero-order chi connectivity index (χ0) is 20.6. The Labute approximate surface area is 170 Å². The van der Waals surface area contributed by atoms with Crippen molar-refractivity contribution >= 4 is 50.4 Å². The minimum absolute atomic E-state index is 0.00803. The van der Waals surface area contributed by atoms with Crippen molar-refractivity contribution in [3.05, 3.63) is 64.6 Å². The summed E-state index contributed by atoms with van der Waals surface area (Å²) in [5.41, 5.74) is 6.92. The van der Waals surface area contributed by atoms with Crippen LogP contribution < -0.4 is 16.4 Å². The Morgan fingerprint density at radius 1 is 1.17 bits per heavy atom. The Morgan fingerprint density at radius 3 is 2.69 bits per heavy atom. The van der Waals surface area contributed by atoms with E-state index < -0.39 is 22.0 Å². The van der Waals surface area contributed by atoms with Gasteiger partial charge in [0.2, 0.25) is 0 Å². The van der Waals surface area contributed by atoms with Crippen molar-refractivity contribution in [1.29, 1.82) is 0 Å². The van der Waals surface area contributed by atoms with Gasteiger partial charge in [0.05, 0.1) is 29.8 Å². The number of para-hydroxylation sites is 3. The number of nitrogens with one attached hydrogen (secondary N) is 2. The van der Waals surface area contributed by atoms with Crippen LogP contribution in [0, 0.1) is 0 Å². The number of sulfonamides is 1. The molecule has 0 atom stereocenters. The third kappa shape index (κ3) is 3.52. The number of benzene rings is 2. The molecule has 0 aliphatic carbocycles. The number of rotatable bonds is 4. The molecule has 4 rings (SSSR count). The molecule has 2 aromatic carbocycles. The molecule has 3 amide bonds. The lowest BCUT2D eigenvalue weighted by molar-refractivity contribution is 0.103. The van der Waals surface area contributed by atoms with E-state index in [1.54, 1.807) is 36.4 Å². The molecule has 0 unspecified atom stereocenters. The van der Waals surface area contributed by atoms with E-state index in [0.29, 0.717) is 20.7 Å². The van der Waals surface area contributed by atoms with Gasteiger partial charge in [0, 0.05) is 0 Å². The van der Waals surface area contributed by atoms with Crippen LogP contribution in [0.25, 0.3) is 0 Å². The van der Waals surface area contributed by atoms with Gasteiger partial charge in [-0.3, -0.25) is 4.79 Å². The van der Waals surface area contributed by atoms with Gasteiger partial charge in [-0.05, 0) is 24.3 Å². The molecule has 29 heavy (non-hydrogen) atoms. The summed E-state index contributed by atoms with van der Waals surface area (Å²) in [7, 11) is -4.02. The molecular weight excluding hydrogens is 414 g/mol. The summed E-state index contributed by atoms with van der Waals surface area (Å²) in [6.45, 7) is -0.284. The second kappa shape index (κ2) is 7.18. The predicted molar refractivity (Wildman–Crippen MR) is 109 cm³/mol. The summed E-state index contributed by atoms with van der Waals surface area (Å²) in [5.74, 6) is -0.428. The number of carbonyl (C=O) groups excluding carboxylic acids is 2. The van der Waals surface area contributed by atoms with Gasteiger partial charge in [-0.2, -0.15) is 0 Å². The number of thiazole rings is 1. The van der Waals surface area contributed by atoms with E-state index in [2.05, 4.69) is 15.6 Å². The first kappa shape index (κ1) is 18.9. The summed E-state index contributed by atoms with van der Waals surface area (Å²) in [5, 5.41) is 5.52. The first-order chi connectivity index (χ1) is 13.9. The zero-order valence-electron chi connectivity index (χ0n) is 14.8. The maximum Gasteiger partial charge on any atom is 0.336 e. The molecule has 1 aromatic heterocycles. The number of nitrogens with zero attached hydrogens (tertiary/aromatic N) is 2. The summed E-state index contributed by atoms with van der Waals surface area (Å²) in [6.07, 6.45) is 1.33. The smallest absolute Gasteiger partial charge is 0.336 e. The number of nitrogens with two attached hydrogens (primary N) is 1. The van der Waals surface area contributed by atoms with Gasteiger partial charge in [-0.1, -0.05) is 24.3 Å². The molecule has 2 heterocycles. The van der Waals surface area contributed by atoms with E-state index >= 15 is 0 Å². The number of aromatic nitrogens is 1. The van der Waals surface area contributed by atoms with Crippen LogP contribution in [0.4, 0.5) is 21.9 Å². The normalized spacial score (nSPS) is 14.8. The number of nitrogen functional groups attached to an aromatic ring is 1. The van der Waals surface area contributed by atoms with Gasteiger partial charge in [0.25, 0.3) is 15.9 Å². The molecule has 4 N–H and O–H groups in total. The van der Waals surface area contributed by atoms with E-state index in [0.717, 1.165) is 11.3 Å². The Morgan fingerprint density at radius 2 is 1.90 bits per heavy atom. The zero-order valence-corrected chi connectivity index (χ0v) is 16.5. The summed E-state index contributed by atoms with van der Waals surface area (Å²) in [4.78, 5) is 29.1. The Hall–Kier alpha value is -3.44. The van der Waals surface area contributed by atoms with E-state index in [4.69, 9.17) is 5.73 Å². The van der Waals surface area contributed by atoms with Crippen LogP contribution in [-0.2, 0) is 16.6 Å². The van der Waals surface area contributed by atoms with Gasteiger partial charge in [0.1, 0.15) is 14.8 Å². The lowest BCUT2D eigenvalue weighted by Gasteiger charge is -2.27. The molecule has 0 bridgehead atoms. The summed E-state index contributed by atoms with van der Waals surface area (Å²) < 4.78 is 26.3. The largest absolute Gasteiger partial charge is 0.397 e. The van der Waals surface area contributed by atoms with Crippen LogP contribution in [0.2, 0.25) is 0 Å². The Balaban J connectivity index is 1.54. The number of amides is 3. The van der Waals surface area contributed by atoms with E-state index in [9.17, 15) is 18.0 Å². The SMILES string of the molecule is Nc1ccccc1NC(=O)c1cnc(CN2C(=O)Nc3ccccc3S2(=O)=O)s1. The highest BCUT2D eigenvalue weighted by molar-refractivity contribution is 7.90. The average Bonchev–Trinajstić information content (AvgIpc) is 3.16. The number of fused-ring (bicyclic) bond motifs is 1. The van der Waals surface area contributed by atoms with Gasteiger partial charge < -0.3 is 16.4 Å². The average molecular weight is 429 g/mol. The summed E-state index contributed by atoms with van der Waals surface area (Å²) in [6, 6.07) is 12.2. The van der Waals surface area contributed by atoms with Crippen LogP contribution >= 0.6 is 11.3 Å². The monoisotopic (exact) mass is 429 g/mol. The minimum atomic E-state index is -4.02. The van der Waals surface area contributed by atoms with Crippen molar-refractivity contribution in [2.24, 2.45) is 0 Å². The number of hydrogen-bond donors (Lipinski definition) is 3. The second-order valence-corrected chi connectivity index (χ2v) is 9.04. The fraction of sp³-hybridized carbons (Fsp3) is 0.0556. The first-order valence-corrected chi connectivity index (χ1v) is 10.7. The minimum Gasteiger partial charge on any atom is -0.397 e. The molecule has 11 heteroatoms. The van der Waals surface area contributed by atoms with Crippen LogP contribution in [-0.4, -0.2) is 29.6 Å². The number of hydrogen-bond acceptors (Lipinski definition) is 7. The van der Waals surface area contributed by atoms with Crippen molar-refractivity contribution < 1.29 is 18.0 Å². The van der Waals surface area contributed by atoms with Crippen LogP contribution in [0.15, 0.2) is 59.6 Å². The van der Waals surface area contributed by atoms with Crippen molar-refractivity contribution in [1.82, 2.24) is 9.29 Å². The van der Waals surface area contributed by atoms with E-state index in [-0.39, 0.29) is 22.0 Å². The van der Waals surface area contributed by atoms with Crippen molar-refractivity contribution in [3.63, 3.8) is 0 Å². The van der Waals surface area contributed by atoms with Gasteiger partial charge >= 0.3 is 6.03 Å². The third-order valence-electron chi connectivity index (χ3n) is 4.19. The van der Waals surface area contributed by atoms with Gasteiger partial charge in [0.15, 0.2) is 0 Å². The van der Waals surface area contributed by atoms with Crippen molar-refractivity contribution in [2.75, 3.05) is 16.4 Å². The highest BCUT2D eigenvalue weighted by Gasteiger charge is 2.37. The Bertz CT molecular complexity index is 1220.